The summed E-state index contributed by atoms with van der Waals surface area (Å²) in [5, 5.41) is 0.568. The molecule has 8 nitrogen and oxygen atoms in total. The first kappa shape index (κ1) is 24.2. The van der Waals surface area contributed by atoms with Crippen molar-refractivity contribution in [3.05, 3.63) is 64.4 Å². The predicted octanol–water partition coefficient (Wildman–Crippen LogP) is 4.19. The predicted molar refractivity (Wildman–Crippen MR) is 123 cm³/mol. The molecule has 0 bridgehead atoms. The fourth-order valence-electron chi connectivity index (χ4n) is 3.87. The number of ether oxygens (including phenoxy) is 3. The number of carbonyl (C=O) groups excluding carboxylic acids is 1. The minimum absolute atomic E-state index is 0.0554. The maximum absolute atomic E-state index is 13.3. The van der Waals surface area contributed by atoms with Crippen molar-refractivity contribution < 1.29 is 27.4 Å². The number of piperidine rings is 1. The minimum atomic E-state index is -3.87. The van der Waals surface area contributed by atoms with Gasteiger partial charge in [0.15, 0.2) is 4.91 Å². The van der Waals surface area contributed by atoms with Gasteiger partial charge in [0, 0.05) is 29.7 Å². The molecule has 1 fully saturated rings. The number of nitrogens with zero attached hydrogens (tertiary/aromatic N) is 2. The molecule has 0 aromatic heterocycles. The lowest BCUT2D eigenvalue weighted by atomic mass is 10.0. The zero-order chi connectivity index (χ0) is 23.3. The van der Waals surface area contributed by atoms with E-state index in [0.717, 1.165) is 11.3 Å². The quantitative estimate of drug-likeness (QED) is 0.314. The molecule has 1 amide bonds. The first-order valence-electron chi connectivity index (χ1n) is 10.2. The number of anilines is 1. The second-order valence-electron chi connectivity index (χ2n) is 7.35. The number of halogens is 1. The van der Waals surface area contributed by atoms with Crippen LogP contribution >= 0.6 is 11.6 Å². The number of cyclic esters (lactones) is 1. The first-order valence-corrected chi connectivity index (χ1v) is 12.0. The standard InChI is InChI=1S/C22H27ClN2O6S/c1-4-5-6-20(30-3)21(15-29-2)32(27,28)24-11-9-18(10-12-24)25-19-8-7-17(23)13-16(19)14-31-22(25)26/h4,6-8,13,15,18H,1,5,9-12,14H2,2-3H3/b20-6?,21-15-. The summed E-state index contributed by atoms with van der Waals surface area (Å²) in [6, 6.07) is 5.12. The Morgan fingerprint density at radius 3 is 2.66 bits per heavy atom. The second kappa shape index (κ2) is 10.4. The number of methoxy groups -OCH3 is 2. The highest BCUT2D eigenvalue weighted by molar-refractivity contribution is 7.93. The summed E-state index contributed by atoms with van der Waals surface area (Å²) in [5.41, 5.74) is 1.58. The summed E-state index contributed by atoms with van der Waals surface area (Å²) in [6.45, 7) is 4.28. The molecule has 1 aromatic rings. The van der Waals surface area contributed by atoms with Crippen molar-refractivity contribution in [3.63, 3.8) is 0 Å². The molecule has 174 valence electrons. The normalized spacial score (nSPS) is 18.7. The molecule has 0 radical (unpaired) electrons. The maximum Gasteiger partial charge on any atom is 0.414 e. The smallest absolute Gasteiger partial charge is 0.414 e. The van der Waals surface area contributed by atoms with Gasteiger partial charge < -0.3 is 14.2 Å². The molecule has 1 saturated heterocycles. The Labute approximate surface area is 193 Å². The van der Waals surface area contributed by atoms with Crippen molar-refractivity contribution in [3.8, 4) is 0 Å². The van der Waals surface area contributed by atoms with Crippen molar-refractivity contribution in [1.29, 1.82) is 0 Å². The molecule has 0 spiro atoms. The highest BCUT2D eigenvalue weighted by Gasteiger charge is 2.38. The van der Waals surface area contributed by atoms with E-state index in [2.05, 4.69) is 6.58 Å². The number of benzene rings is 1. The van der Waals surface area contributed by atoms with Crippen LogP contribution in [-0.2, 0) is 30.8 Å². The third-order valence-corrected chi connectivity index (χ3v) is 7.55. The Kier molecular flexibility index (Phi) is 7.86. The van der Waals surface area contributed by atoms with Crippen LogP contribution in [0.15, 0.2) is 53.9 Å². The number of sulfonamides is 1. The molecule has 32 heavy (non-hydrogen) atoms. The van der Waals surface area contributed by atoms with Crippen LogP contribution in [0, 0.1) is 0 Å². The first-order chi connectivity index (χ1) is 15.3. The molecule has 2 heterocycles. The lowest BCUT2D eigenvalue weighted by Gasteiger charge is -2.40. The van der Waals surface area contributed by atoms with Crippen LogP contribution < -0.4 is 4.90 Å². The van der Waals surface area contributed by atoms with E-state index in [0.29, 0.717) is 24.3 Å². The van der Waals surface area contributed by atoms with E-state index in [1.54, 1.807) is 35.3 Å². The largest absolute Gasteiger partial charge is 0.503 e. The van der Waals surface area contributed by atoms with Crippen molar-refractivity contribution in [2.75, 3.05) is 32.2 Å². The summed E-state index contributed by atoms with van der Waals surface area (Å²) < 4.78 is 43.7. The SMILES string of the molecule is C=CCC=C(OC)/C(=C/OC)S(=O)(=O)N1CCC(N2C(=O)OCc3cc(Cl)ccc32)CC1. The molecule has 2 aliphatic heterocycles. The highest BCUT2D eigenvalue weighted by Crippen LogP contribution is 2.34. The Morgan fingerprint density at radius 1 is 1.31 bits per heavy atom. The summed E-state index contributed by atoms with van der Waals surface area (Å²) >= 11 is 6.07. The Morgan fingerprint density at radius 2 is 2.03 bits per heavy atom. The summed E-state index contributed by atoms with van der Waals surface area (Å²) in [4.78, 5) is 14.1. The average Bonchev–Trinajstić information content (AvgIpc) is 2.79. The van der Waals surface area contributed by atoms with E-state index < -0.39 is 16.1 Å². The molecule has 3 rings (SSSR count). The van der Waals surface area contributed by atoms with Crippen LogP contribution in [0.3, 0.4) is 0 Å². The Hall–Kier alpha value is -2.49. The van der Waals surface area contributed by atoms with Gasteiger partial charge in [0.1, 0.15) is 18.6 Å². The Bertz CT molecular complexity index is 1030. The van der Waals surface area contributed by atoms with Crippen molar-refractivity contribution >= 4 is 33.4 Å². The molecular weight excluding hydrogens is 456 g/mol. The van der Waals surface area contributed by atoms with Gasteiger partial charge in [-0.2, -0.15) is 4.31 Å². The summed E-state index contributed by atoms with van der Waals surface area (Å²) in [5.74, 6) is 0.194. The lowest BCUT2D eigenvalue weighted by molar-refractivity contribution is 0.136. The average molecular weight is 483 g/mol. The van der Waals surface area contributed by atoms with E-state index >= 15 is 0 Å². The van der Waals surface area contributed by atoms with E-state index in [1.165, 1.54) is 24.8 Å². The molecule has 10 heteroatoms. The van der Waals surface area contributed by atoms with Gasteiger partial charge in [-0.05, 0) is 43.5 Å². The number of amides is 1. The fourth-order valence-corrected chi connectivity index (χ4v) is 5.67. The lowest BCUT2D eigenvalue weighted by Crippen LogP contribution is -2.50. The molecule has 1 aromatic carbocycles. The summed E-state index contributed by atoms with van der Waals surface area (Å²) in [7, 11) is -1.08. The molecule has 0 unspecified atom stereocenters. The molecule has 0 saturated carbocycles. The van der Waals surface area contributed by atoms with Crippen LogP contribution in [0.1, 0.15) is 24.8 Å². The number of allylic oxidation sites excluding steroid dienone is 2. The number of hydrogen-bond donors (Lipinski definition) is 0. The number of fused-ring (bicyclic) bond motifs is 1. The zero-order valence-corrected chi connectivity index (χ0v) is 19.7. The van der Waals surface area contributed by atoms with E-state index in [4.69, 9.17) is 25.8 Å². The van der Waals surface area contributed by atoms with Crippen LogP contribution in [-0.4, -0.2) is 52.2 Å². The van der Waals surface area contributed by atoms with Crippen molar-refractivity contribution in [2.24, 2.45) is 0 Å². The van der Waals surface area contributed by atoms with Gasteiger partial charge in [0.25, 0.3) is 0 Å². The monoisotopic (exact) mass is 482 g/mol. The van der Waals surface area contributed by atoms with Gasteiger partial charge in [-0.15, -0.1) is 6.58 Å². The molecule has 0 aliphatic carbocycles. The topological polar surface area (TPSA) is 85.4 Å². The van der Waals surface area contributed by atoms with Crippen LogP contribution in [0.2, 0.25) is 5.02 Å². The number of hydrogen-bond acceptors (Lipinski definition) is 6. The molecule has 2 aliphatic rings. The number of rotatable bonds is 8. The third kappa shape index (κ3) is 4.95. The van der Waals surface area contributed by atoms with Crippen LogP contribution in [0.25, 0.3) is 0 Å². The Balaban J connectivity index is 1.79. The summed E-state index contributed by atoms with van der Waals surface area (Å²) in [6.07, 6.45) is 5.36. The maximum atomic E-state index is 13.3. The zero-order valence-electron chi connectivity index (χ0n) is 18.1. The molecular formula is C22H27ClN2O6S. The van der Waals surface area contributed by atoms with Gasteiger partial charge in [-0.25, -0.2) is 13.2 Å². The van der Waals surface area contributed by atoms with E-state index in [1.807, 2.05) is 0 Å². The third-order valence-electron chi connectivity index (χ3n) is 5.41. The minimum Gasteiger partial charge on any atom is -0.503 e. The second-order valence-corrected chi connectivity index (χ2v) is 9.69. The van der Waals surface area contributed by atoms with Gasteiger partial charge >= 0.3 is 6.09 Å². The van der Waals surface area contributed by atoms with Crippen molar-refractivity contribution in [1.82, 2.24) is 4.31 Å². The van der Waals surface area contributed by atoms with Crippen LogP contribution in [0.5, 0.6) is 0 Å². The van der Waals surface area contributed by atoms with Crippen LogP contribution in [0.4, 0.5) is 10.5 Å². The van der Waals surface area contributed by atoms with Gasteiger partial charge in [0.2, 0.25) is 10.0 Å². The van der Waals surface area contributed by atoms with Crippen molar-refractivity contribution in [2.45, 2.75) is 31.9 Å². The number of carbonyl (C=O) groups is 1. The molecule has 0 atom stereocenters. The van der Waals surface area contributed by atoms with Gasteiger partial charge in [-0.3, -0.25) is 4.90 Å². The van der Waals surface area contributed by atoms with Gasteiger partial charge in [-0.1, -0.05) is 17.7 Å². The molecule has 0 N–H and O–H groups in total. The van der Waals surface area contributed by atoms with E-state index in [9.17, 15) is 13.2 Å². The van der Waals surface area contributed by atoms with Gasteiger partial charge in [0.05, 0.1) is 19.9 Å². The fraction of sp³-hybridized carbons (Fsp3) is 0.409. The highest BCUT2D eigenvalue weighted by atomic mass is 35.5. The van der Waals surface area contributed by atoms with E-state index in [-0.39, 0.29) is 36.4 Å².